The fourth-order valence-electron chi connectivity index (χ4n) is 1.98. The van der Waals surface area contributed by atoms with Gasteiger partial charge in [-0.1, -0.05) is 6.07 Å². The van der Waals surface area contributed by atoms with E-state index in [0.29, 0.717) is 11.3 Å². The van der Waals surface area contributed by atoms with E-state index >= 15 is 0 Å². The van der Waals surface area contributed by atoms with Crippen LogP contribution in [0, 0.1) is 0 Å². The molecule has 2 heterocycles. The Morgan fingerprint density at radius 1 is 1.27 bits per heavy atom. The Morgan fingerprint density at radius 3 is 3.00 bits per heavy atom. The van der Waals surface area contributed by atoms with Crippen LogP contribution in [0.4, 0.5) is 0 Å². The van der Waals surface area contributed by atoms with E-state index in [1.807, 2.05) is 18.2 Å². The third kappa shape index (κ3) is 1.25. The van der Waals surface area contributed by atoms with Gasteiger partial charge in [-0.05, 0) is 30.2 Å². The number of aryl methyl sites for hydroxylation is 1. The van der Waals surface area contributed by atoms with Crippen molar-refractivity contribution in [3.8, 4) is 0 Å². The number of nitrogens with zero attached hydrogens (tertiary/aromatic N) is 1. The lowest BCUT2D eigenvalue weighted by molar-refractivity contribution is 0.600. The predicted octanol–water partition coefficient (Wildman–Crippen LogP) is 1.56. The standard InChI is InChI=1S/C11H9NO2S/c13-15(14)5-3-9-6-10-8(7-11(9)15)2-1-4-12-10/h1-2,4,6-7H,3,5H2. The van der Waals surface area contributed by atoms with Gasteiger partial charge in [-0.15, -0.1) is 0 Å². The van der Waals surface area contributed by atoms with Gasteiger partial charge in [0.05, 0.1) is 16.2 Å². The second kappa shape index (κ2) is 2.79. The van der Waals surface area contributed by atoms with Crippen molar-refractivity contribution < 1.29 is 8.42 Å². The molecular weight excluding hydrogens is 210 g/mol. The summed E-state index contributed by atoms with van der Waals surface area (Å²) in [6, 6.07) is 7.32. The molecule has 3 rings (SSSR count). The molecule has 0 spiro atoms. The van der Waals surface area contributed by atoms with Crippen LogP contribution in [0.25, 0.3) is 10.9 Å². The minimum Gasteiger partial charge on any atom is -0.256 e. The summed E-state index contributed by atoms with van der Waals surface area (Å²) in [5, 5.41) is 0.890. The van der Waals surface area contributed by atoms with Gasteiger partial charge in [0.15, 0.2) is 9.84 Å². The Bertz CT molecular complexity index is 647. The molecule has 0 amide bonds. The molecule has 0 aliphatic carbocycles. The molecular formula is C11H9NO2S. The molecule has 2 aromatic rings. The molecule has 76 valence electrons. The second-order valence-corrected chi connectivity index (χ2v) is 5.80. The van der Waals surface area contributed by atoms with Gasteiger partial charge < -0.3 is 0 Å². The third-order valence-electron chi connectivity index (χ3n) is 2.76. The lowest BCUT2D eigenvalue weighted by Crippen LogP contribution is -1.98. The number of hydrogen-bond acceptors (Lipinski definition) is 3. The molecule has 15 heavy (non-hydrogen) atoms. The number of benzene rings is 1. The highest BCUT2D eigenvalue weighted by Crippen LogP contribution is 2.29. The van der Waals surface area contributed by atoms with E-state index in [0.717, 1.165) is 16.5 Å². The Labute approximate surface area is 87.7 Å². The molecule has 0 fully saturated rings. The first-order chi connectivity index (χ1) is 7.17. The first-order valence-electron chi connectivity index (χ1n) is 4.77. The SMILES string of the molecule is O=S1(=O)CCc2cc3ncccc3cc21. The van der Waals surface area contributed by atoms with Crippen LogP contribution in [-0.2, 0) is 16.3 Å². The minimum absolute atomic E-state index is 0.235. The topological polar surface area (TPSA) is 47.0 Å². The first-order valence-corrected chi connectivity index (χ1v) is 6.42. The van der Waals surface area contributed by atoms with Crippen molar-refractivity contribution >= 4 is 20.7 Å². The smallest absolute Gasteiger partial charge is 0.179 e. The molecule has 0 saturated heterocycles. The van der Waals surface area contributed by atoms with Crippen molar-refractivity contribution in [2.24, 2.45) is 0 Å². The molecule has 0 atom stereocenters. The lowest BCUT2D eigenvalue weighted by Gasteiger charge is -2.01. The van der Waals surface area contributed by atoms with Crippen molar-refractivity contribution in [2.45, 2.75) is 11.3 Å². The van der Waals surface area contributed by atoms with Gasteiger partial charge in [-0.2, -0.15) is 0 Å². The summed E-state index contributed by atoms with van der Waals surface area (Å²) >= 11 is 0. The number of fused-ring (bicyclic) bond motifs is 2. The van der Waals surface area contributed by atoms with E-state index in [-0.39, 0.29) is 5.75 Å². The van der Waals surface area contributed by atoms with Crippen molar-refractivity contribution in [3.05, 3.63) is 36.0 Å². The maximum atomic E-state index is 11.7. The Balaban J connectivity index is 2.43. The molecule has 0 radical (unpaired) electrons. The van der Waals surface area contributed by atoms with Crippen LogP contribution in [-0.4, -0.2) is 19.2 Å². The number of sulfone groups is 1. The highest BCUT2D eigenvalue weighted by Gasteiger charge is 2.26. The van der Waals surface area contributed by atoms with Gasteiger partial charge in [0, 0.05) is 11.6 Å². The van der Waals surface area contributed by atoms with Crippen LogP contribution in [0.15, 0.2) is 35.4 Å². The quantitative estimate of drug-likeness (QED) is 0.675. The van der Waals surface area contributed by atoms with Gasteiger partial charge in [0.25, 0.3) is 0 Å². The average molecular weight is 219 g/mol. The molecule has 4 heteroatoms. The predicted molar refractivity (Wildman–Crippen MR) is 57.5 cm³/mol. The summed E-state index contributed by atoms with van der Waals surface area (Å²) in [7, 11) is -3.02. The molecule has 0 N–H and O–H groups in total. The monoisotopic (exact) mass is 219 g/mol. The highest BCUT2D eigenvalue weighted by molar-refractivity contribution is 7.91. The average Bonchev–Trinajstić information content (AvgIpc) is 2.52. The van der Waals surface area contributed by atoms with E-state index in [1.54, 1.807) is 12.3 Å². The summed E-state index contributed by atoms with van der Waals surface area (Å²) in [6.45, 7) is 0. The number of pyridine rings is 1. The van der Waals surface area contributed by atoms with Crippen LogP contribution in [0.3, 0.4) is 0 Å². The first kappa shape index (κ1) is 8.85. The summed E-state index contributed by atoms with van der Waals surface area (Å²) in [4.78, 5) is 4.70. The van der Waals surface area contributed by atoms with Gasteiger partial charge in [-0.25, -0.2) is 8.42 Å². The van der Waals surface area contributed by atoms with Crippen molar-refractivity contribution in [1.29, 1.82) is 0 Å². The van der Waals surface area contributed by atoms with Crippen molar-refractivity contribution in [1.82, 2.24) is 4.98 Å². The zero-order chi connectivity index (χ0) is 10.5. The molecule has 0 saturated carbocycles. The number of aromatic nitrogens is 1. The van der Waals surface area contributed by atoms with Crippen molar-refractivity contribution in [3.63, 3.8) is 0 Å². The molecule has 1 aliphatic heterocycles. The van der Waals surface area contributed by atoms with Crippen LogP contribution >= 0.6 is 0 Å². The van der Waals surface area contributed by atoms with E-state index < -0.39 is 9.84 Å². The van der Waals surface area contributed by atoms with E-state index in [9.17, 15) is 8.42 Å². The fraction of sp³-hybridized carbons (Fsp3) is 0.182. The van der Waals surface area contributed by atoms with E-state index in [2.05, 4.69) is 4.98 Å². The Hall–Kier alpha value is -1.42. The van der Waals surface area contributed by atoms with E-state index in [4.69, 9.17) is 0 Å². The maximum Gasteiger partial charge on any atom is 0.179 e. The molecule has 1 aliphatic rings. The Morgan fingerprint density at radius 2 is 2.13 bits per heavy atom. The summed E-state index contributed by atoms with van der Waals surface area (Å²) < 4.78 is 23.4. The van der Waals surface area contributed by atoms with Gasteiger partial charge >= 0.3 is 0 Å². The van der Waals surface area contributed by atoms with Crippen LogP contribution < -0.4 is 0 Å². The Kier molecular flexibility index (Phi) is 1.65. The largest absolute Gasteiger partial charge is 0.256 e. The zero-order valence-electron chi connectivity index (χ0n) is 7.97. The zero-order valence-corrected chi connectivity index (χ0v) is 8.79. The summed E-state index contributed by atoms with van der Waals surface area (Å²) in [5.41, 5.74) is 1.77. The number of rotatable bonds is 0. The molecule has 1 aromatic heterocycles. The lowest BCUT2D eigenvalue weighted by atomic mass is 10.1. The molecule has 1 aromatic carbocycles. The van der Waals surface area contributed by atoms with Gasteiger partial charge in [-0.3, -0.25) is 4.98 Å². The molecule has 3 nitrogen and oxygen atoms in total. The normalized spacial score (nSPS) is 17.9. The van der Waals surface area contributed by atoms with Gasteiger partial charge in [0.1, 0.15) is 0 Å². The molecule has 0 bridgehead atoms. The van der Waals surface area contributed by atoms with Crippen molar-refractivity contribution in [2.75, 3.05) is 5.75 Å². The number of hydrogen-bond donors (Lipinski definition) is 0. The van der Waals surface area contributed by atoms with Crippen LogP contribution in [0.5, 0.6) is 0 Å². The van der Waals surface area contributed by atoms with Gasteiger partial charge in [0.2, 0.25) is 0 Å². The fourth-order valence-corrected chi connectivity index (χ4v) is 3.56. The van der Waals surface area contributed by atoms with Crippen LogP contribution in [0.1, 0.15) is 5.56 Å². The highest BCUT2D eigenvalue weighted by atomic mass is 32.2. The summed E-state index contributed by atoms with van der Waals surface area (Å²) in [5.74, 6) is 0.235. The third-order valence-corrected chi connectivity index (χ3v) is 4.55. The van der Waals surface area contributed by atoms with Crippen LogP contribution in [0.2, 0.25) is 0 Å². The molecule has 0 unspecified atom stereocenters. The second-order valence-electron chi connectivity index (χ2n) is 3.72. The minimum atomic E-state index is -3.02. The maximum absolute atomic E-state index is 11.7. The summed E-state index contributed by atoms with van der Waals surface area (Å²) in [6.07, 6.45) is 2.34. The van der Waals surface area contributed by atoms with E-state index in [1.165, 1.54) is 0 Å².